The molecule has 1 N–H and O–H groups in total. The highest BCUT2D eigenvalue weighted by Crippen LogP contribution is 2.19. The van der Waals surface area contributed by atoms with Gasteiger partial charge in [0.1, 0.15) is 0 Å². The van der Waals surface area contributed by atoms with Crippen LogP contribution < -0.4 is 0 Å². The zero-order chi connectivity index (χ0) is 10.3. The number of hydrogen-bond acceptors (Lipinski definition) is 1. The van der Waals surface area contributed by atoms with Crippen molar-refractivity contribution in [1.29, 1.82) is 0 Å². The predicted octanol–water partition coefficient (Wildman–Crippen LogP) is 2.43. The van der Waals surface area contributed by atoms with E-state index in [0.29, 0.717) is 5.52 Å². The maximum Gasteiger partial charge on any atom is 0.337 e. The Morgan fingerprint density at radius 3 is 2.79 bits per heavy atom. The molecule has 0 saturated carbocycles. The van der Waals surface area contributed by atoms with Crippen LogP contribution in [0, 0.1) is 5.82 Å². The van der Waals surface area contributed by atoms with Crippen molar-refractivity contribution in [2.24, 2.45) is 0 Å². The summed E-state index contributed by atoms with van der Waals surface area (Å²) < 4.78 is 14.3. The Labute approximate surface area is 83.3 Å². The van der Waals surface area contributed by atoms with Crippen molar-refractivity contribution in [3.63, 3.8) is 0 Å². The van der Waals surface area contributed by atoms with E-state index in [1.165, 1.54) is 22.7 Å². The highest BCUT2D eigenvalue weighted by Gasteiger charge is 2.08. The smallest absolute Gasteiger partial charge is 0.337 e. The van der Waals surface area contributed by atoms with E-state index in [2.05, 4.69) is 0 Å². The van der Waals surface area contributed by atoms with Crippen LogP contribution in [0.3, 0.4) is 0 Å². The van der Waals surface area contributed by atoms with Crippen LogP contribution in [0.5, 0.6) is 0 Å². The monoisotopic (exact) mass is 213 g/mol. The summed E-state index contributed by atoms with van der Waals surface area (Å²) in [7, 11) is 0. The SMILES string of the molecule is O=C(O)c1cc2cc(Cl)c(F)cn2c1. The molecule has 5 heteroatoms. The number of hydrogen-bond donors (Lipinski definition) is 1. The first-order valence-corrected chi connectivity index (χ1v) is 4.16. The van der Waals surface area contributed by atoms with E-state index in [-0.39, 0.29) is 10.6 Å². The van der Waals surface area contributed by atoms with Crippen LogP contribution >= 0.6 is 11.6 Å². The first-order chi connectivity index (χ1) is 6.58. The van der Waals surface area contributed by atoms with Crippen molar-refractivity contribution in [3.05, 3.63) is 40.9 Å². The Bertz CT molecular complexity index is 482. The first kappa shape index (κ1) is 9.02. The van der Waals surface area contributed by atoms with Crippen LogP contribution in [-0.2, 0) is 0 Å². The van der Waals surface area contributed by atoms with Gasteiger partial charge in [-0.15, -0.1) is 0 Å². The van der Waals surface area contributed by atoms with Crippen LogP contribution in [0.4, 0.5) is 4.39 Å². The molecule has 0 aliphatic heterocycles. The Kier molecular flexibility index (Phi) is 1.93. The van der Waals surface area contributed by atoms with Crippen LogP contribution in [-0.4, -0.2) is 15.5 Å². The van der Waals surface area contributed by atoms with Crippen LogP contribution in [0.2, 0.25) is 5.02 Å². The third-order valence-corrected chi connectivity index (χ3v) is 2.17. The summed E-state index contributed by atoms with van der Waals surface area (Å²) in [4.78, 5) is 10.6. The van der Waals surface area contributed by atoms with Crippen molar-refractivity contribution < 1.29 is 14.3 Å². The quantitative estimate of drug-likeness (QED) is 0.791. The molecule has 0 bridgehead atoms. The summed E-state index contributed by atoms with van der Waals surface area (Å²) in [5.41, 5.74) is 0.653. The summed E-state index contributed by atoms with van der Waals surface area (Å²) in [6, 6.07) is 2.80. The van der Waals surface area contributed by atoms with Crippen molar-refractivity contribution in [2.75, 3.05) is 0 Å². The Hall–Kier alpha value is -1.55. The minimum Gasteiger partial charge on any atom is -0.478 e. The number of nitrogens with zero attached hydrogens (tertiary/aromatic N) is 1. The number of halogens is 2. The van der Waals surface area contributed by atoms with Crippen LogP contribution in [0.25, 0.3) is 5.52 Å². The maximum atomic E-state index is 13.0. The summed E-state index contributed by atoms with van der Waals surface area (Å²) in [6.45, 7) is 0. The topological polar surface area (TPSA) is 41.7 Å². The molecule has 3 nitrogen and oxygen atoms in total. The average molecular weight is 214 g/mol. The predicted molar refractivity (Wildman–Crippen MR) is 49.3 cm³/mol. The fraction of sp³-hybridized carbons (Fsp3) is 0. The lowest BCUT2D eigenvalue weighted by Crippen LogP contribution is -1.92. The zero-order valence-corrected chi connectivity index (χ0v) is 7.62. The average Bonchev–Trinajstić information content (AvgIpc) is 2.48. The van der Waals surface area contributed by atoms with Gasteiger partial charge in [0, 0.05) is 17.9 Å². The molecule has 0 amide bonds. The molecule has 14 heavy (non-hydrogen) atoms. The molecule has 0 spiro atoms. The second kappa shape index (κ2) is 2.99. The van der Waals surface area contributed by atoms with Gasteiger partial charge in [0.15, 0.2) is 5.82 Å². The van der Waals surface area contributed by atoms with E-state index in [0.717, 1.165) is 6.20 Å². The third-order valence-electron chi connectivity index (χ3n) is 1.88. The number of aromatic nitrogens is 1. The molecule has 2 aromatic heterocycles. The van der Waals surface area contributed by atoms with Gasteiger partial charge in [-0.25, -0.2) is 9.18 Å². The van der Waals surface area contributed by atoms with Gasteiger partial charge < -0.3 is 9.51 Å². The molecule has 0 aromatic carbocycles. The standard InChI is InChI=1S/C9H5ClFNO2/c10-7-2-6-1-5(9(13)14)3-12(6)4-8(7)11/h1-4H,(H,13,14). The van der Waals surface area contributed by atoms with Gasteiger partial charge in [-0.1, -0.05) is 11.6 Å². The van der Waals surface area contributed by atoms with E-state index in [1.807, 2.05) is 0 Å². The molecule has 2 heterocycles. The minimum atomic E-state index is -1.05. The van der Waals surface area contributed by atoms with E-state index in [4.69, 9.17) is 16.7 Å². The number of fused-ring (bicyclic) bond motifs is 1. The van der Waals surface area contributed by atoms with Crippen molar-refractivity contribution in [1.82, 2.24) is 4.40 Å². The normalized spacial score (nSPS) is 10.7. The molecular formula is C9H5ClFNO2. The summed E-state index contributed by atoms with van der Waals surface area (Å²) in [5, 5.41) is 8.66. The van der Waals surface area contributed by atoms with Gasteiger partial charge in [-0.2, -0.15) is 0 Å². The lowest BCUT2D eigenvalue weighted by molar-refractivity contribution is 0.0697. The van der Waals surface area contributed by atoms with E-state index >= 15 is 0 Å². The largest absolute Gasteiger partial charge is 0.478 e. The van der Waals surface area contributed by atoms with E-state index in [9.17, 15) is 9.18 Å². The zero-order valence-electron chi connectivity index (χ0n) is 6.87. The number of pyridine rings is 1. The fourth-order valence-electron chi connectivity index (χ4n) is 1.22. The molecule has 0 aliphatic rings. The summed E-state index contributed by atoms with van der Waals surface area (Å²) >= 11 is 5.54. The molecule has 0 aliphatic carbocycles. The van der Waals surface area contributed by atoms with Crippen LogP contribution in [0.1, 0.15) is 10.4 Å². The number of carbonyl (C=O) groups is 1. The van der Waals surface area contributed by atoms with Gasteiger partial charge in [-0.05, 0) is 12.1 Å². The second-order valence-electron chi connectivity index (χ2n) is 2.84. The summed E-state index contributed by atoms with van der Waals surface area (Å²) in [5.74, 6) is -1.63. The molecule has 2 aromatic rings. The maximum absolute atomic E-state index is 13.0. The molecule has 0 fully saturated rings. The van der Waals surface area contributed by atoms with Gasteiger partial charge in [0.05, 0.1) is 10.6 Å². The van der Waals surface area contributed by atoms with Gasteiger partial charge in [0.25, 0.3) is 0 Å². The minimum absolute atomic E-state index is 0.0208. The van der Waals surface area contributed by atoms with E-state index in [1.54, 1.807) is 0 Å². The third kappa shape index (κ3) is 1.33. The molecule has 72 valence electrons. The van der Waals surface area contributed by atoms with Gasteiger partial charge >= 0.3 is 5.97 Å². The molecule has 0 unspecified atom stereocenters. The highest BCUT2D eigenvalue weighted by molar-refractivity contribution is 6.31. The van der Waals surface area contributed by atoms with Gasteiger partial charge in [-0.3, -0.25) is 0 Å². The second-order valence-corrected chi connectivity index (χ2v) is 3.24. The molecule has 2 rings (SSSR count). The number of rotatable bonds is 1. The Morgan fingerprint density at radius 2 is 2.14 bits per heavy atom. The molecule has 0 atom stereocenters. The lowest BCUT2D eigenvalue weighted by atomic mass is 10.3. The van der Waals surface area contributed by atoms with Crippen molar-refractivity contribution in [2.45, 2.75) is 0 Å². The lowest BCUT2D eigenvalue weighted by Gasteiger charge is -1.96. The fourth-order valence-corrected chi connectivity index (χ4v) is 1.38. The van der Waals surface area contributed by atoms with Gasteiger partial charge in [0.2, 0.25) is 0 Å². The Morgan fingerprint density at radius 1 is 1.43 bits per heavy atom. The van der Waals surface area contributed by atoms with E-state index < -0.39 is 11.8 Å². The first-order valence-electron chi connectivity index (χ1n) is 3.78. The Balaban J connectivity index is 2.72. The van der Waals surface area contributed by atoms with Crippen LogP contribution in [0.15, 0.2) is 24.5 Å². The molecular weight excluding hydrogens is 209 g/mol. The summed E-state index contributed by atoms with van der Waals surface area (Å²) in [6.07, 6.45) is 2.47. The number of carboxylic acids is 1. The number of carboxylic acid groups (broad SMARTS) is 1. The number of aromatic carboxylic acids is 1. The van der Waals surface area contributed by atoms with Crippen molar-refractivity contribution in [3.8, 4) is 0 Å². The highest BCUT2D eigenvalue weighted by atomic mass is 35.5. The molecule has 0 radical (unpaired) electrons. The van der Waals surface area contributed by atoms with Crippen molar-refractivity contribution >= 4 is 23.1 Å². The molecule has 0 saturated heterocycles.